The molecule has 3 aromatic carbocycles. The Kier molecular flexibility index (Phi) is 10.4. The lowest BCUT2D eigenvalue weighted by Crippen LogP contribution is -2.52. The molecule has 2 amide bonds. The first kappa shape index (κ1) is 30.0. The van der Waals surface area contributed by atoms with E-state index < -0.39 is 28.5 Å². The molecule has 0 saturated carbocycles. The van der Waals surface area contributed by atoms with Crippen LogP contribution >= 0.6 is 11.6 Å². The standard InChI is InChI=1S/C29H34ClN3O5S/c1-5-31-29(35)22(3)32(18-17-23-9-7-6-8-10-23)28(34)20-33(24-13-16-27(38-4)26(30)19-24)39(36,37)25-14-11-21(2)12-15-25/h6-16,19,22H,5,17-18,20H2,1-4H3,(H,31,35)/t22-/m1/s1. The summed E-state index contributed by atoms with van der Waals surface area (Å²) in [7, 11) is -2.72. The molecule has 0 aliphatic rings. The van der Waals surface area contributed by atoms with Gasteiger partial charge in [-0.15, -0.1) is 0 Å². The zero-order valence-electron chi connectivity index (χ0n) is 22.6. The van der Waals surface area contributed by atoms with Crippen LogP contribution in [-0.2, 0) is 26.0 Å². The first-order valence-electron chi connectivity index (χ1n) is 12.6. The van der Waals surface area contributed by atoms with Gasteiger partial charge in [0.05, 0.1) is 22.7 Å². The van der Waals surface area contributed by atoms with Gasteiger partial charge in [0.2, 0.25) is 11.8 Å². The van der Waals surface area contributed by atoms with Crippen LogP contribution in [0.2, 0.25) is 5.02 Å². The Bertz CT molecular complexity index is 1380. The number of halogens is 1. The molecule has 0 spiro atoms. The van der Waals surface area contributed by atoms with Crippen LogP contribution in [0.5, 0.6) is 5.75 Å². The predicted molar refractivity (Wildman–Crippen MR) is 154 cm³/mol. The largest absolute Gasteiger partial charge is 0.495 e. The summed E-state index contributed by atoms with van der Waals surface area (Å²) in [4.78, 5) is 28.0. The number of ether oxygens (including phenoxy) is 1. The zero-order valence-corrected chi connectivity index (χ0v) is 24.1. The number of aryl methyl sites for hydroxylation is 1. The van der Waals surface area contributed by atoms with Gasteiger partial charge in [0.25, 0.3) is 10.0 Å². The van der Waals surface area contributed by atoms with Crippen LogP contribution in [0, 0.1) is 6.92 Å². The average molecular weight is 572 g/mol. The van der Waals surface area contributed by atoms with Gasteiger partial charge in [0.1, 0.15) is 18.3 Å². The maximum atomic E-state index is 13.9. The molecule has 0 saturated heterocycles. The van der Waals surface area contributed by atoms with Crippen LogP contribution in [0.25, 0.3) is 0 Å². The van der Waals surface area contributed by atoms with Crippen molar-refractivity contribution in [1.82, 2.24) is 10.2 Å². The Hall–Kier alpha value is -3.56. The van der Waals surface area contributed by atoms with Crippen molar-refractivity contribution >= 4 is 39.1 Å². The van der Waals surface area contributed by atoms with Crippen LogP contribution in [0.4, 0.5) is 5.69 Å². The van der Waals surface area contributed by atoms with Crippen molar-refractivity contribution in [2.75, 3.05) is 31.0 Å². The Morgan fingerprint density at radius 1 is 1.03 bits per heavy atom. The first-order valence-corrected chi connectivity index (χ1v) is 14.4. The van der Waals surface area contributed by atoms with E-state index in [1.165, 1.54) is 36.3 Å². The van der Waals surface area contributed by atoms with Crippen LogP contribution in [-0.4, -0.2) is 57.9 Å². The summed E-state index contributed by atoms with van der Waals surface area (Å²) in [5.41, 5.74) is 2.08. The fraction of sp³-hybridized carbons (Fsp3) is 0.310. The van der Waals surface area contributed by atoms with Crippen molar-refractivity contribution in [1.29, 1.82) is 0 Å². The molecule has 0 fully saturated rings. The molecular weight excluding hydrogens is 538 g/mol. The van der Waals surface area contributed by atoms with Crippen LogP contribution in [0.1, 0.15) is 25.0 Å². The topological polar surface area (TPSA) is 96.0 Å². The van der Waals surface area contributed by atoms with E-state index in [1.54, 1.807) is 32.0 Å². The molecule has 0 aliphatic carbocycles. The molecule has 0 bridgehead atoms. The molecule has 8 nitrogen and oxygen atoms in total. The van der Waals surface area contributed by atoms with E-state index in [2.05, 4.69) is 5.32 Å². The summed E-state index contributed by atoms with van der Waals surface area (Å²) in [6.07, 6.45) is 0.495. The van der Waals surface area contributed by atoms with Gasteiger partial charge in [-0.1, -0.05) is 59.6 Å². The lowest BCUT2D eigenvalue weighted by Gasteiger charge is -2.32. The van der Waals surface area contributed by atoms with E-state index in [9.17, 15) is 18.0 Å². The van der Waals surface area contributed by atoms with Gasteiger partial charge in [-0.05, 0) is 63.1 Å². The van der Waals surface area contributed by atoms with E-state index >= 15 is 0 Å². The second kappa shape index (κ2) is 13.5. The molecule has 0 aliphatic heterocycles. The van der Waals surface area contributed by atoms with Crippen LogP contribution < -0.4 is 14.4 Å². The van der Waals surface area contributed by atoms with Gasteiger partial charge in [-0.25, -0.2) is 8.42 Å². The molecule has 0 heterocycles. The van der Waals surface area contributed by atoms with Gasteiger partial charge in [0, 0.05) is 13.1 Å². The van der Waals surface area contributed by atoms with Gasteiger partial charge < -0.3 is 15.0 Å². The Morgan fingerprint density at radius 2 is 1.69 bits per heavy atom. The number of nitrogens with zero attached hydrogens (tertiary/aromatic N) is 2. The number of amides is 2. The minimum absolute atomic E-state index is 0.0282. The molecular formula is C29H34ClN3O5S. The Balaban J connectivity index is 2.01. The number of carbonyl (C=O) groups excluding carboxylic acids is 2. The summed E-state index contributed by atoms with van der Waals surface area (Å²) in [5, 5.41) is 2.95. The molecule has 39 heavy (non-hydrogen) atoms. The number of methoxy groups -OCH3 is 1. The van der Waals surface area contributed by atoms with E-state index in [0.29, 0.717) is 18.7 Å². The highest BCUT2D eigenvalue weighted by atomic mass is 35.5. The van der Waals surface area contributed by atoms with E-state index in [1.807, 2.05) is 37.3 Å². The fourth-order valence-electron chi connectivity index (χ4n) is 4.07. The number of nitrogens with one attached hydrogen (secondary N) is 1. The summed E-state index contributed by atoms with van der Waals surface area (Å²) in [6.45, 7) is 5.39. The van der Waals surface area contributed by atoms with Crippen molar-refractivity contribution in [2.24, 2.45) is 0 Å². The average Bonchev–Trinajstić information content (AvgIpc) is 2.92. The third-order valence-electron chi connectivity index (χ3n) is 6.31. The summed E-state index contributed by atoms with van der Waals surface area (Å²) in [5.74, 6) is -0.472. The molecule has 3 rings (SSSR count). The van der Waals surface area contributed by atoms with Crippen molar-refractivity contribution in [3.63, 3.8) is 0 Å². The lowest BCUT2D eigenvalue weighted by atomic mass is 10.1. The van der Waals surface area contributed by atoms with Crippen LogP contribution in [0.15, 0.2) is 77.7 Å². The van der Waals surface area contributed by atoms with Gasteiger partial charge in [0.15, 0.2) is 0 Å². The summed E-state index contributed by atoms with van der Waals surface area (Å²) in [6, 6.07) is 19.7. The SMILES string of the molecule is CCNC(=O)[C@@H](C)N(CCc1ccccc1)C(=O)CN(c1ccc(OC)c(Cl)c1)S(=O)(=O)c1ccc(C)cc1. The number of sulfonamides is 1. The van der Waals surface area contributed by atoms with Crippen molar-refractivity contribution in [2.45, 2.75) is 38.1 Å². The van der Waals surface area contributed by atoms with Gasteiger partial charge >= 0.3 is 0 Å². The van der Waals surface area contributed by atoms with Gasteiger partial charge in [-0.3, -0.25) is 13.9 Å². The second-order valence-electron chi connectivity index (χ2n) is 9.04. The van der Waals surface area contributed by atoms with E-state index in [-0.39, 0.29) is 28.1 Å². The quantitative estimate of drug-likeness (QED) is 0.346. The number of hydrogen-bond donors (Lipinski definition) is 1. The maximum Gasteiger partial charge on any atom is 0.264 e. The minimum Gasteiger partial charge on any atom is -0.495 e. The van der Waals surface area contributed by atoms with Crippen molar-refractivity contribution in [3.05, 3.63) is 88.9 Å². The first-order chi connectivity index (χ1) is 18.6. The smallest absolute Gasteiger partial charge is 0.264 e. The number of likely N-dealkylation sites (N-methyl/N-ethyl adjacent to an activating group) is 1. The molecule has 3 aromatic rings. The Morgan fingerprint density at radius 3 is 2.28 bits per heavy atom. The number of benzene rings is 3. The number of anilines is 1. The molecule has 0 aromatic heterocycles. The highest BCUT2D eigenvalue weighted by molar-refractivity contribution is 7.92. The Labute approximate surface area is 235 Å². The summed E-state index contributed by atoms with van der Waals surface area (Å²) >= 11 is 6.34. The number of rotatable bonds is 12. The van der Waals surface area contributed by atoms with Crippen molar-refractivity contribution in [3.8, 4) is 5.75 Å². The number of hydrogen-bond acceptors (Lipinski definition) is 5. The third kappa shape index (κ3) is 7.52. The zero-order chi connectivity index (χ0) is 28.6. The normalized spacial score (nSPS) is 11.9. The van der Waals surface area contributed by atoms with Crippen molar-refractivity contribution < 1.29 is 22.7 Å². The van der Waals surface area contributed by atoms with Crippen LogP contribution in [0.3, 0.4) is 0 Å². The number of carbonyl (C=O) groups is 2. The molecule has 1 N–H and O–H groups in total. The maximum absolute atomic E-state index is 13.9. The summed E-state index contributed by atoms with van der Waals surface area (Å²) < 4.78 is 33.9. The molecule has 0 radical (unpaired) electrons. The minimum atomic E-state index is -4.17. The molecule has 0 unspecified atom stereocenters. The lowest BCUT2D eigenvalue weighted by molar-refractivity contribution is -0.138. The fourth-order valence-corrected chi connectivity index (χ4v) is 5.73. The predicted octanol–water partition coefficient (Wildman–Crippen LogP) is 4.45. The third-order valence-corrected chi connectivity index (χ3v) is 8.40. The molecule has 10 heteroatoms. The van der Waals surface area contributed by atoms with Gasteiger partial charge in [-0.2, -0.15) is 0 Å². The second-order valence-corrected chi connectivity index (χ2v) is 11.3. The molecule has 1 atom stereocenters. The highest BCUT2D eigenvalue weighted by Crippen LogP contribution is 2.32. The van der Waals surface area contributed by atoms with E-state index in [4.69, 9.17) is 16.3 Å². The monoisotopic (exact) mass is 571 g/mol. The van der Waals surface area contributed by atoms with E-state index in [0.717, 1.165) is 15.4 Å². The highest BCUT2D eigenvalue weighted by Gasteiger charge is 2.32. The molecule has 208 valence electrons.